The first kappa shape index (κ1) is 6.94. The van der Waals surface area contributed by atoms with Gasteiger partial charge in [0.25, 0.3) is 0 Å². The predicted octanol–water partition coefficient (Wildman–Crippen LogP) is -0.989. The second-order valence-corrected chi connectivity index (χ2v) is 1.43. The molecule has 0 bridgehead atoms. The van der Waals surface area contributed by atoms with Crippen LogP contribution in [-0.2, 0) is 4.79 Å². The van der Waals surface area contributed by atoms with E-state index in [4.69, 9.17) is 11.1 Å². The summed E-state index contributed by atoms with van der Waals surface area (Å²) in [5, 5.41) is 6.75. The normalized spacial score (nSPS) is 8.12. The minimum absolute atomic E-state index is 0.0860. The van der Waals surface area contributed by atoms with Gasteiger partial charge in [-0.25, -0.2) is 0 Å². The van der Waals surface area contributed by atoms with Gasteiger partial charge in [-0.2, -0.15) is 0 Å². The maximum atomic E-state index is 9.73. The van der Waals surface area contributed by atoms with Gasteiger partial charge < -0.3 is 15.4 Å². The van der Waals surface area contributed by atoms with Crippen LogP contribution >= 0.6 is 0 Å². The Hall–Kier alpha value is -1.06. The van der Waals surface area contributed by atoms with Crippen molar-refractivity contribution in [2.75, 3.05) is 13.6 Å². The van der Waals surface area contributed by atoms with Gasteiger partial charge in [0.05, 0.1) is 6.54 Å². The lowest BCUT2D eigenvalue weighted by molar-refractivity contribution is -0.108. The number of nitrogens with zero attached hydrogens (tertiary/aromatic N) is 1. The van der Waals surface area contributed by atoms with Crippen LogP contribution in [0.25, 0.3) is 0 Å². The molecule has 3 N–H and O–H groups in total. The molecule has 0 atom stereocenters. The lowest BCUT2D eigenvalue weighted by atomic mass is 10.6. The maximum absolute atomic E-state index is 9.73. The van der Waals surface area contributed by atoms with Crippen LogP contribution < -0.4 is 5.73 Å². The molecular weight excluding hydrogens is 106 g/mol. The monoisotopic (exact) mass is 115 g/mol. The number of nitrogens with one attached hydrogen (secondary N) is 1. The summed E-state index contributed by atoms with van der Waals surface area (Å²) in [6.45, 7) is 0.190. The molecule has 0 aromatic rings. The van der Waals surface area contributed by atoms with Crippen molar-refractivity contribution in [3.8, 4) is 0 Å². The van der Waals surface area contributed by atoms with Gasteiger partial charge in [0, 0.05) is 7.05 Å². The molecule has 0 fully saturated rings. The van der Waals surface area contributed by atoms with Gasteiger partial charge in [-0.15, -0.1) is 0 Å². The Morgan fingerprint density at radius 3 is 2.62 bits per heavy atom. The maximum Gasteiger partial charge on any atom is 0.188 e. The van der Waals surface area contributed by atoms with Crippen molar-refractivity contribution in [2.45, 2.75) is 0 Å². The summed E-state index contributed by atoms with van der Waals surface area (Å²) >= 11 is 0. The third kappa shape index (κ3) is 2.17. The van der Waals surface area contributed by atoms with Crippen molar-refractivity contribution in [1.82, 2.24) is 4.90 Å². The highest BCUT2D eigenvalue weighted by Crippen LogP contribution is 1.72. The van der Waals surface area contributed by atoms with E-state index in [1.54, 1.807) is 7.05 Å². The first-order valence-electron chi connectivity index (χ1n) is 2.17. The summed E-state index contributed by atoms with van der Waals surface area (Å²) < 4.78 is 0. The average molecular weight is 115 g/mol. The molecule has 0 aromatic heterocycles. The number of carbonyl (C=O) groups is 1. The van der Waals surface area contributed by atoms with Gasteiger partial charge in [-0.05, 0) is 0 Å². The number of hydrogen-bond donors (Lipinski definition) is 2. The standard InChI is InChI=1S/C4H9N3O/c1-7(2-3-8)4(5)6/h3H,2H2,1H3,(H3,5,6). The zero-order valence-corrected chi connectivity index (χ0v) is 4.72. The Morgan fingerprint density at radius 2 is 2.50 bits per heavy atom. The van der Waals surface area contributed by atoms with Crippen LogP contribution in [0.1, 0.15) is 0 Å². The van der Waals surface area contributed by atoms with Crippen LogP contribution in [0.5, 0.6) is 0 Å². The van der Waals surface area contributed by atoms with Crippen molar-refractivity contribution < 1.29 is 4.79 Å². The summed E-state index contributed by atoms with van der Waals surface area (Å²) in [5.41, 5.74) is 4.97. The van der Waals surface area contributed by atoms with Gasteiger partial charge in [-0.1, -0.05) is 0 Å². The predicted molar refractivity (Wildman–Crippen MR) is 30.6 cm³/mol. The molecule has 0 heterocycles. The number of aldehydes is 1. The lowest BCUT2D eigenvalue weighted by Gasteiger charge is -2.10. The van der Waals surface area contributed by atoms with Crippen LogP contribution in [0, 0.1) is 5.41 Å². The third-order valence-electron chi connectivity index (χ3n) is 0.760. The third-order valence-corrected chi connectivity index (χ3v) is 0.760. The molecule has 0 aliphatic carbocycles. The number of guanidine groups is 1. The molecule has 0 spiro atoms. The summed E-state index contributed by atoms with van der Waals surface area (Å²) in [7, 11) is 1.58. The minimum atomic E-state index is -0.0860. The van der Waals surface area contributed by atoms with E-state index in [0.29, 0.717) is 6.29 Å². The molecule has 0 unspecified atom stereocenters. The van der Waals surface area contributed by atoms with Crippen molar-refractivity contribution in [3.05, 3.63) is 0 Å². The van der Waals surface area contributed by atoms with Gasteiger partial charge in [-0.3, -0.25) is 5.41 Å². The fraction of sp³-hybridized carbons (Fsp3) is 0.500. The highest BCUT2D eigenvalue weighted by atomic mass is 16.1. The van der Waals surface area contributed by atoms with E-state index in [1.165, 1.54) is 4.90 Å². The Kier molecular flexibility index (Phi) is 2.61. The van der Waals surface area contributed by atoms with Gasteiger partial charge >= 0.3 is 0 Å². The van der Waals surface area contributed by atoms with Gasteiger partial charge in [0.2, 0.25) is 0 Å². The van der Waals surface area contributed by atoms with Crippen molar-refractivity contribution in [2.24, 2.45) is 5.73 Å². The van der Waals surface area contributed by atoms with Crippen LogP contribution in [0.2, 0.25) is 0 Å². The van der Waals surface area contributed by atoms with Crippen LogP contribution in [0.15, 0.2) is 0 Å². The van der Waals surface area contributed by atoms with Gasteiger partial charge in [0.1, 0.15) is 6.29 Å². The summed E-state index contributed by atoms with van der Waals surface area (Å²) in [4.78, 5) is 11.1. The molecule has 4 heteroatoms. The van der Waals surface area contributed by atoms with Crippen LogP contribution in [0.4, 0.5) is 0 Å². The zero-order chi connectivity index (χ0) is 6.57. The molecule has 0 aliphatic rings. The smallest absolute Gasteiger partial charge is 0.188 e. The van der Waals surface area contributed by atoms with Gasteiger partial charge in [0.15, 0.2) is 5.96 Å². The first-order valence-corrected chi connectivity index (χ1v) is 2.17. The molecule has 0 rings (SSSR count). The van der Waals surface area contributed by atoms with E-state index in [1.807, 2.05) is 0 Å². The highest BCUT2D eigenvalue weighted by molar-refractivity contribution is 5.76. The zero-order valence-electron chi connectivity index (χ0n) is 4.72. The van der Waals surface area contributed by atoms with Crippen LogP contribution in [0.3, 0.4) is 0 Å². The number of nitrogens with two attached hydrogens (primary N) is 1. The molecule has 0 amide bonds. The SMILES string of the molecule is CN(CC=O)C(=N)N. The fourth-order valence-electron chi connectivity index (χ4n) is 0.210. The van der Waals surface area contributed by atoms with Crippen molar-refractivity contribution in [3.63, 3.8) is 0 Å². The summed E-state index contributed by atoms with van der Waals surface area (Å²) in [6.07, 6.45) is 0.696. The highest BCUT2D eigenvalue weighted by Gasteiger charge is 1.93. The topological polar surface area (TPSA) is 70.2 Å². The minimum Gasteiger partial charge on any atom is -0.370 e. The Bertz CT molecular complexity index is 101. The molecule has 0 radical (unpaired) electrons. The second-order valence-electron chi connectivity index (χ2n) is 1.43. The molecule has 0 aromatic carbocycles. The molecule has 0 aliphatic heterocycles. The number of carbonyl (C=O) groups excluding carboxylic acids is 1. The van der Waals surface area contributed by atoms with E-state index < -0.39 is 0 Å². The number of hydrogen-bond acceptors (Lipinski definition) is 2. The lowest BCUT2D eigenvalue weighted by Crippen LogP contribution is -2.33. The Labute approximate surface area is 47.8 Å². The van der Waals surface area contributed by atoms with Crippen molar-refractivity contribution in [1.29, 1.82) is 5.41 Å². The van der Waals surface area contributed by atoms with E-state index in [2.05, 4.69) is 0 Å². The molecule has 46 valence electrons. The number of likely N-dealkylation sites (N-methyl/N-ethyl adjacent to an activating group) is 1. The van der Waals surface area contributed by atoms with E-state index in [-0.39, 0.29) is 12.5 Å². The Balaban J connectivity index is 3.46. The van der Waals surface area contributed by atoms with E-state index in [0.717, 1.165) is 0 Å². The molecule has 0 saturated carbocycles. The van der Waals surface area contributed by atoms with E-state index in [9.17, 15) is 4.79 Å². The first-order chi connectivity index (χ1) is 3.68. The van der Waals surface area contributed by atoms with Crippen LogP contribution in [-0.4, -0.2) is 30.7 Å². The largest absolute Gasteiger partial charge is 0.370 e. The van der Waals surface area contributed by atoms with E-state index >= 15 is 0 Å². The summed E-state index contributed by atoms with van der Waals surface area (Å²) in [5.74, 6) is -0.0860. The quantitative estimate of drug-likeness (QED) is 0.276. The molecular formula is C4H9N3O. The molecule has 8 heavy (non-hydrogen) atoms. The average Bonchev–Trinajstić information content (AvgIpc) is 1.67. The summed E-state index contributed by atoms with van der Waals surface area (Å²) in [6, 6.07) is 0. The fourth-order valence-corrected chi connectivity index (χ4v) is 0.210. The second kappa shape index (κ2) is 3.01. The molecule has 4 nitrogen and oxygen atoms in total. The Morgan fingerprint density at radius 1 is 2.00 bits per heavy atom. The molecule has 0 saturated heterocycles. The number of rotatable bonds is 2. The van der Waals surface area contributed by atoms with Crippen molar-refractivity contribution >= 4 is 12.2 Å².